The summed E-state index contributed by atoms with van der Waals surface area (Å²) in [5, 5.41) is 3.15. The molecule has 0 aromatic heterocycles. The molecular weight excluding hydrogens is 190 g/mol. The lowest BCUT2D eigenvalue weighted by Crippen LogP contribution is -2.38. The average molecular weight is 207 g/mol. The van der Waals surface area contributed by atoms with Crippen molar-refractivity contribution >= 4 is 0 Å². The molecular formula is C12H17NO2. The van der Waals surface area contributed by atoms with E-state index in [4.69, 9.17) is 9.47 Å². The highest BCUT2D eigenvalue weighted by Gasteiger charge is 2.23. The number of nitrogens with one attached hydrogen (secondary N) is 1. The highest BCUT2D eigenvalue weighted by molar-refractivity contribution is 5.18. The van der Waals surface area contributed by atoms with Gasteiger partial charge in [0.2, 0.25) is 0 Å². The Morgan fingerprint density at radius 2 is 2.13 bits per heavy atom. The van der Waals surface area contributed by atoms with Crippen molar-refractivity contribution in [1.82, 2.24) is 5.32 Å². The number of ether oxygens (including phenoxy) is 2. The van der Waals surface area contributed by atoms with Crippen molar-refractivity contribution in [3.05, 3.63) is 35.9 Å². The quantitative estimate of drug-likeness (QED) is 0.791. The molecule has 1 N–H and O–H groups in total. The van der Waals surface area contributed by atoms with E-state index < -0.39 is 0 Å². The van der Waals surface area contributed by atoms with Crippen LogP contribution >= 0.6 is 0 Å². The van der Waals surface area contributed by atoms with Gasteiger partial charge in [-0.05, 0) is 12.6 Å². The summed E-state index contributed by atoms with van der Waals surface area (Å²) in [4.78, 5) is 0. The summed E-state index contributed by atoms with van der Waals surface area (Å²) in [6, 6.07) is 10.3. The van der Waals surface area contributed by atoms with Crippen molar-refractivity contribution < 1.29 is 9.47 Å². The molecule has 1 fully saturated rings. The van der Waals surface area contributed by atoms with Gasteiger partial charge in [-0.3, -0.25) is 0 Å². The fourth-order valence-electron chi connectivity index (χ4n) is 1.62. The smallest absolute Gasteiger partial charge is 0.105 e. The monoisotopic (exact) mass is 207 g/mol. The van der Waals surface area contributed by atoms with Gasteiger partial charge in [-0.2, -0.15) is 0 Å². The Morgan fingerprint density at radius 3 is 2.67 bits per heavy atom. The van der Waals surface area contributed by atoms with E-state index in [2.05, 4.69) is 17.4 Å². The summed E-state index contributed by atoms with van der Waals surface area (Å²) in [5.74, 6) is 0. The molecule has 1 saturated heterocycles. The molecule has 2 rings (SSSR count). The molecule has 1 aliphatic heterocycles. The zero-order chi connectivity index (χ0) is 10.5. The topological polar surface area (TPSA) is 30.5 Å². The third kappa shape index (κ3) is 2.78. The fourth-order valence-corrected chi connectivity index (χ4v) is 1.62. The van der Waals surface area contributed by atoms with Gasteiger partial charge in [0.15, 0.2) is 0 Å². The third-order valence-electron chi connectivity index (χ3n) is 2.53. The molecule has 0 amide bonds. The van der Waals surface area contributed by atoms with E-state index in [-0.39, 0.29) is 12.2 Å². The Hall–Kier alpha value is -0.900. The maximum atomic E-state index is 5.93. The molecule has 1 aromatic rings. The molecule has 3 nitrogen and oxygen atoms in total. The lowest BCUT2D eigenvalue weighted by Gasteiger charge is -2.30. The lowest BCUT2D eigenvalue weighted by atomic mass is 10.1. The Kier molecular flexibility index (Phi) is 3.72. The first-order valence-electron chi connectivity index (χ1n) is 5.33. The fraction of sp³-hybridized carbons (Fsp3) is 0.500. The Morgan fingerprint density at radius 1 is 1.40 bits per heavy atom. The Bertz CT molecular complexity index is 285. The summed E-state index contributed by atoms with van der Waals surface area (Å²) in [6.07, 6.45) is 0.397. The molecule has 1 atom stereocenters. The molecule has 3 heteroatoms. The van der Waals surface area contributed by atoms with Crippen molar-refractivity contribution in [2.45, 2.75) is 12.2 Å². The molecule has 15 heavy (non-hydrogen) atoms. The van der Waals surface area contributed by atoms with Gasteiger partial charge in [0.1, 0.15) is 6.10 Å². The van der Waals surface area contributed by atoms with Gasteiger partial charge < -0.3 is 14.8 Å². The Labute approximate surface area is 90.4 Å². The summed E-state index contributed by atoms with van der Waals surface area (Å²) in [6.45, 7) is 2.29. The molecule has 0 spiro atoms. The minimum atomic E-state index is 0.130. The summed E-state index contributed by atoms with van der Waals surface area (Å²) >= 11 is 0. The molecule has 1 aliphatic rings. The van der Waals surface area contributed by atoms with E-state index in [1.54, 1.807) is 0 Å². The van der Waals surface area contributed by atoms with E-state index in [9.17, 15) is 0 Å². The minimum Gasteiger partial charge on any atom is -0.376 e. The molecule has 1 unspecified atom stereocenters. The molecule has 0 radical (unpaired) electrons. The van der Waals surface area contributed by atoms with E-state index in [1.807, 2.05) is 25.2 Å². The van der Waals surface area contributed by atoms with Crippen LogP contribution in [0.4, 0.5) is 0 Å². The second-order valence-electron chi connectivity index (χ2n) is 3.75. The maximum Gasteiger partial charge on any atom is 0.105 e. The van der Waals surface area contributed by atoms with Crippen molar-refractivity contribution in [3.8, 4) is 0 Å². The first-order chi connectivity index (χ1) is 7.40. The van der Waals surface area contributed by atoms with Crippen molar-refractivity contribution in [3.63, 3.8) is 0 Å². The highest BCUT2D eigenvalue weighted by Crippen LogP contribution is 2.20. The minimum absolute atomic E-state index is 0.130. The normalized spacial score (nSPS) is 18.5. The van der Waals surface area contributed by atoms with E-state index in [1.165, 1.54) is 5.56 Å². The van der Waals surface area contributed by atoms with E-state index in [0.29, 0.717) is 0 Å². The van der Waals surface area contributed by atoms with Gasteiger partial charge >= 0.3 is 0 Å². The van der Waals surface area contributed by atoms with Crippen LogP contribution in [0, 0.1) is 0 Å². The predicted octanol–water partition coefficient (Wildman–Crippen LogP) is 1.36. The first kappa shape index (κ1) is 10.6. The molecule has 1 heterocycles. The second kappa shape index (κ2) is 5.26. The lowest BCUT2D eigenvalue weighted by molar-refractivity contribution is -0.155. The van der Waals surface area contributed by atoms with Crippen LogP contribution in [0.2, 0.25) is 0 Å². The van der Waals surface area contributed by atoms with Crippen LogP contribution in [0.1, 0.15) is 11.7 Å². The zero-order valence-corrected chi connectivity index (χ0v) is 8.98. The SMILES string of the molecule is CNCC(OC1COC1)c1ccccc1. The molecule has 0 bridgehead atoms. The maximum absolute atomic E-state index is 5.93. The first-order valence-corrected chi connectivity index (χ1v) is 5.33. The zero-order valence-electron chi connectivity index (χ0n) is 8.98. The standard InChI is InChI=1S/C12H17NO2/c1-13-7-12(15-11-8-14-9-11)10-5-3-2-4-6-10/h2-6,11-13H,7-9H2,1H3. The van der Waals surface area contributed by atoms with Crippen LogP contribution in [-0.4, -0.2) is 32.9 Å². The number of hydrogen-bond acceptors (Lipinski definition) is 3. The summed E-state index contributed by atoms with van der Waals surface area (Å²) in [7, 11) is 1.94. The van der Waals surface area contributed by atoms with Crippen LogP contribution in [0.5, 0.6) is 0 Å². The van der Waals surface area contributed by atoms with Crippen LogP contribution in [-0.2, 0) is 9.47 Å². The van der Waals surface area contributed by atoms with Crippen LogP contribution < -0.4 is 5.32 Å². The summed E-state index contributed by atoms with van der Waals surface area (Å²) in [5.41, 5.74) is 1.22. The van der Waals surface area contributed by atoms with Crippen LogP contribution in [0.25, 0.3) is 0 Å². The largest absolute Gasteiger partial charge is 0.376 e. The molecule has 1 aromatic carbocycles. The summed E-state index contributed by atoms with van der Waals surface area (Å²) < 4.78 is 11.0. The van der Waals surface area contributed by atoms with E-state index >= 15 is 0 Å². The van der Waals surface area contributed by atoms with E-state index in [0.717, 1.165) is 19.8 Å². The molecule has 82 valence electrons. The third-order valence-corrected chi connectivity index (χ3v) is 2.53. The highest BCUT2D eigenvalue weighted by atomic mass is 16.6. The van der Waals surface area contributed by atoms with Crippen molar-refractivity contribution in [2.75, 3.05) is 26.8 Å². The number of benzene rings is 1. The second-order valence-corrected chi connectivity index (χ2v) is 3.75. The van der Waals surface area contributed by atoms with Gasteiger partial charge in [0.25, 0.3) is 0 Å². The van der Waals surface area contributed by atoms with Gasteiger partial charge in [0.05, 0.1) is 19.3 Å². The predicted molar refractivity (Wildman–Crippen MR) is 58.8 cm³/mol. The molecule has 0 saturated carbocycles. The van der Waals surface area contributed by atoms with Crippen LogP contribution in [0.3, 0.4) is 0 Å². The van der Waals surface area contributed by atoms with Gasteiger partial charge in [0, 0.05) is 6.54 Å². The number of hydrogen-bond donors (Lipinski definition) is 1. The van der Waals surface area contributed by atoms with Crippen molar-refractivity contribution in [2.24, 2.45) is 0 Å². The van der Waals surface area contributed by atoms with Crippen molar-refractivity contribution in [1.29, 1.82) is 0 Å². The number of rotatable bonds is 5. The van der Waals surface area contributed by atoms with Gasteiger partial charge in [-0.1, -0.05) is 30.3 Å². The average Bonchev–Trinajstić information content (AvgIpc) is 2.23. The number of likely N-dealkylation sites (N-methyl/N-ethyl adjacent to an activating group) is 1. The van der Waals surface area contributed by atoms with Gasteiger partial charge in [-0.15, -0.1) is 0 Å². The molecule has 0 aliphatic carbocycles. The Balaban J connectivity index is 1.98. The van der Waals surface area contributed by atoms with Crippen LogP contribution in [0.15, 0.2) is 30.3 Å². The van der Waals surface area contributed by atoms with Gasteiger partial charge in [-0.25, -0.2) is 0 Å².